The molecule has 0 saturated carbocycles. The lowest BCUT2D eigenvalue weighted by molar-refractivity contribution is -0.134. The van der Waals surface area contributed by atoms with Crippen molar-refractivity contribution in [2.24, 2.45) is 0 Å². The lowest BCUT2D eigenvalue weighted by atomic mass is 10.0. The molecule has 1 saturated heterocycles. The third-order valence-electron chi connectivity index (χ3n) is 4.59. The molecule has 1 aliphatic heterocycles. The summed E-state index contributed by atoms with van der Waals surface area (Å²) in [4.78, 5) is 19.3. The van der Waals surface area contributed by atoms with Crippen LogP contribution in [-0.2, 0) is 11.3 Å². The summed E-state index contributed by atoms with van der Waals surface area (Å²) in [5.74, 6) is 0.737. The first kappa shape index (κ1) is 17.4. The minimum Gasteiger partial charge on any atom is -0.481 e. The predicted octanol–water partition coefficient (Wildman–Crippen LogP) is 2.93. The number of carbonyl (C=O) groups excluding carboxylic acids is 1. The van der Waals surface area contributed by atoms with E-state index in [-0.39, 0.29) is 11.9 Å². The highest BCUT2D eigenvalue weighted by Gasteiger charge is 2.26. The van der Waals surface area contributed by atoms with E-state index in [1.165, 1.54) is 6.42 Å². The molecule has 2 aromatic rings. The zero-order chi connectivity index (χ0) is 17.5. The molecule has 2 heterocycles. The van der Waals surface area contributed by atoms with Crippen molar-refractivity contribution in [1.29, 1.82) is 0 Å². The van der Waals surface area contributed by atoms with Crippen molar-refractivity contribution in [2.75, 3.05) is 20.2 Å². The Morgan fingerprint density at radius 3 is 2.64 bits per heavy atom. The van der Waals surface area contributed by atoms with E-state index in [0.29, 0.717) is 12.4 Å². The molecular formula is C20H25N3O2. The van der Waals surface area contributed by atoms with E-state index < -0.39 is 0 Å². The number of rotatable bonds is 6. The Hall–Kier alpha value is -2.40. The zero-order valence-corrected chi connectivity index (χ0v) is 14.6. The molecule has 132 valence electrons. The molecule has 3 rings (SSSR count). The van der Waals surface area contributed by atoms with Crippen molar-refractivity contribution in [3.63, 3.8) is 0 Å². The van der Waals surface area contributed by atoms with Gasteiger partial charge in [0, 0.05) is 31.4 Å². The van der Waals surface area contributed by atoms with Gasteiger partial charge in [-0.3, -0.25) is 10.1 Å². The third kappa shape index (κ3) is 4.37. The fraction of sp³-hybridized carbons (Fsp3) is 0.400. The molecule has 1 N–H and O–H groups in total. The second-order valence-electron chi connectivity index (χ2n) is 6.28. The minimum atomic E-state index is -0.357. The number of piperidine rings is 1. The molecule has 1 atom stereocenters. The number of ether oxygens (including phenoxy) is 1. The van der Waals surface area contributed by atoms with Crippen molar-refractivity contribution < 1.29 is 9.53 Å². The molecule has 0 unspecified atom stereocenters. The number of amides is 1. The number of methoxy groups -OCH3 is 1. The summed E-state index contributed by atoms with van der Waals surface area (Å²) in [7, 11) is 1.61. The first-order valence-electron chi connectivity index (χ1n) is 8.84. The Bertz CT molecular complexity index is 684. The highest BCUT2D eigenvalue weighted by Crippen LogP contribution is 2.21. The summed E-state index contributed by atoms with van der Waals surface area (Å²) in [5.41, 5.74) is 1.93. The number of benzene rings is 1. The minimum absolute atomic E-state index is 0.147. The molecule has 25 heavy (non-hydrogen) atoms. The largest absolute Gasteiger partial charge is 0.481 e. The number of pyridine rings is 1. The Kier molecular flexibility index (Phi) is 6.01. The van der Waals surface area contributed by atoms with Crippen molar-refractivity contribution in [1.82, 2.24) is 15.2 Å². The molecule has 1 aromatic carbocycles. The van der Waals surface area contributed by atoms with Gasteiger partial charge in [-0.15, -0.1) is 0 Å². The van der Waals surface area contributed by atoms with Crippen molar-refractivity contribution in [3.05, 3.63) is 59.8 Å². The van der Waals surface area contributed by atoms with Crippen LogP contribution in [0.4, 0.5) is 0 Å². The van der Waals surface area contributed by atoms with Crippen LogP contribution in [-0.4, -0.2) is 36.0 Å². The molecule has 1 aromatic heterocycles. The standard InChI is InChI=1S/C20H25N3O2/c1-25-19-17(11-8-12-21-19)15-22-18(16-9-4-2-5-10-16)20(24)23-13-6-3-7-14-23/h2,4-5,8-12,18,22H,3,6-7,13-15H2,1H3/t18-/m1/s1. The molecular weight excluding hydrogens is 314 g/mol. The maximum absolute atomic E-state index is 13.1. The van der Waals surface area contributed by atoms with Crippen LogP contribution in [0, 0.1) is 0 Å². The Balaban J connectivity index is 1.78. The van der Waals surface area contributed by atoms with Gasteiger partial charge in [-0.05, 0) is 30.9 Å². The molecule has 0 bridgehead atoms. The number of hydrogen-bond donors (Lipinski definition) is 1. The van der Waals surface area contributed by atoms with Crippen LogP contribution in [0.3, 0.4) is 0 Å². The quantitative estimate of drug-likeness (QED) is 0.879. The molecule has 5 nitrogen and oxygen atoms in total. The predicted molar refractivity (Wildman–Crippen MR) is 97.2 cm³/mol. The van der Waals surface area contributed by atoms with Crippen LogP contribution in [0.5, 0.6) is 5.88 Å². The fourth-order valence-corrected chi connectivity index (χ4v) is 3.24. The lowest BCUT2D eigenvalue weighted by Crippen LogP contribution is -2.43. The number of hydrogen-bond acceptors (Lipinski definition) is 4. The second kappa shape index (κ2) is 8.62. The van der Waals surface area contributed by atoms with Crippen LogP contribution in [0.25, 0.3) is 0 Å². The van der Waals surface area contributed by atoms with E-state index in [2.05, 4.69) is 10.3 Å². The summed E-state index contributed by atoms with van der Waals surface area (Å²) in [6.45, 7) is 2.22. The first-order valence-corrected chi connectivity index (χ1v) is 8.84. The van der Waals surface area contributed by atoms with Crippen LogP contribution < -0.4 is 10.1 Å². The molecule has 0 radical (unpaired) electrons. The average Bonchev–Trinajstić information content (AvgIpc) is 2.70. The summed E-state index contributed by atoms with van der Waals surface area (Å²) >= 11 is 0. The molecule has 5 heteroatoms. The van der Waals surface area contributed by atoms with Crippen molar-refractivity contribution >= 4 is 5.91 Å². The number of likely N-dealkylation sites (tertiary alicyclic amines) is 1. The summed E-state index contributed by atoms with van der Waals surface area (Å²) < 4.78 is 5.31. The van der Waals surface area contributed by atoms with Gasteiger partial charge >= 0.3 is 0 Å². The van der Waals surface area contributed by atoms with Gasteiger partial charge in [-0.25, -0.2) is 4.98 Å². The Morgan fingerprint density at radius 1 is 1.16 bits per heavy atom. The smallest absolute Gasteiger partial charge is 0.244 e. The van der Waals surface area contributed by atoms with Crippen LogP contribution >= 0.6 is 0 Å². The van der Waals surface area contributed by atoms with Crippen molar-refractivity contribution in [2.45, 2.75) is 31.8 Å². The van der Waals surface area contributed by atoms with Crippen LogP contribution in [0.1, 0.15) is 36.4 Å². The third-order valence-corrected chi connectivity index (χ3v) is 4.59. The Labute approximate surface area is 149 Å². The second-order valence-corrected chi connectivity index (χ2v) is 6.28. The van der Waals surface area contributed by atoms with E-state index in [1.807, 2.05) is 47.4 Å². The van der Waals surface area contributed by atoms with E-state index in [9.17, 15) is 4.79 Å². The molecule has 1 aliphatic rings. The fourth-order valence-electron chi connectivity index (χ4n) is 3.24. The number of aromatic nitrogens is 1. The monoisotopic (exact) mass is 339 g/mol. The summed E-state index contributed by atoms with van der Waals surface area (Å²) in [6.07, 6.45) is 5.09. The lowest BCUT2D eigenvalue weighted by Gasteiger charge is -2.31. The van der Waals surface area contributed by atoms with E-state index in [1.54, 1.807) is 13.3 Å². The maximum Gasteiger partial charge on any atom is 0.244 e. The molecule has 1 fully saturated rings. The van der Waals surface area contributed by atoms with Gasteiger partial charge in [0.25, 0.3) is 0 Å². The highest BCUT2D eigenvalue weighted by molar-refractivity contribution is 5.83. The van der Waals surface area contributed by atoms with Gasteiger partial charge in [0.2, 0.25) is 11.8 Å². The van der Waals surface area contributed by atoms with Crippen LogP contribution in [0.2, 0.25) is 0 Å². The van der Waals surface area contributed by atoms with Gasteiger partial charge in [0.15, 0.2) is 0 Å². The van der Waals surface area contributed by atoms with Gasteiger partial charge in [-0.1, -0.05) is 36.4 Å². The average molecular weight is 339 g/mol. The topological polar surface area (TPSA) is 54.5 Å². The summed E-state index contributed by atoms with van der Waals surface area (Å²) in [5, 5.41) is 3.41. The van der Waals surface area contributed by atoms with Crippen LogP contribution in [0.15, 0.2) is 48.7 Å². The molecule has 0 spiro atoms. The number of carbonyl (C=O) groups is 1. The number of nitrogens with zero attached hydrogens (tertiary/aromatic N) is 2. The molecule has 1 amide bonds. The van der Waals surface area contributed by atoms with E-state index in [4.69, 9.17) is 4.74 Å². The van der Waals surface area contributed by atoms with Gasteiger partial charge in [0.1, 0.15) is 6.04 Å². The van der Waals surface area contributed by atoms with E-state index in [0.717, 1.165) is 37.1 Å². The SMILES string of the molecule is COc1ncccc1CN[C@@H](C(=O)N1CCCCC1)c1ccccc1. The van der Waals surface area contributed by atoms with Gasteiger partial charge in [-0.2, -0.15) is 0 Å². The molecule has 0 aliphatic carbocycles. The van der Waals surface area contributed by atoms with E-state index >= 15 is 0 Å². The number of nitrogens with one attached hydrogen (secondary N) is 1. The van der Waals surface area contributed by atoms with Gasteiger partial charge < -0.3 is 9.64 Å². The maximum atomic E-state index is 13.1. The Morgan fingerprint density at radius 2 is 1.92 bits per heavy atom. The highest BCUT2D eigenvalue weighted by atomic mass is 16.5. The van der Waals surface area contributed by atoms with Crippen molar-refractivity contribution in [3.8, 4) is 5.88 Å². The zero-order valence-electron chi connectivity index (χ0n) is 14.6. The van der Waals surface area contributed by atoms with Gasteiger partial charge in [0.05, 0.1) is 7.11 Å². The summed E-state index contributed by atoms with van der Waals surface area (Å²) in [6, 6.07) is 13.4. The normalized spacial score (nSPS) is 15.6. The first-order chi connectivity index (χ1) is 12.3.